The topological polar surface area (TPSA) is 9.72 Å². The molecule has 3 nitrogen and oxygen atoms in total. The predicted octanol–water partition coefficient (Wildman–Crippen LogP) is 4.25. The molecular formula is C18H41N3. The highest BCUT2D eigenvalue weighted by molar-refractivity contribution is 4.61. The van der Waals surface area contributed by atoms with Gasteiger partial charge in [0.05, 0.1) is 0 Å². The van der Waals surface area contributed by atoms with Crippen molar-refractivity contribution in [3.05, 3.63) is 0 Å². The summed E-state index contributed by atoms with van der Waals surface area (Å²) in [6, 6.07) is 0. The van der Waals surface area contributed by atoms with Gasteiger partial charge in [-0.3, -0.25) is 0 Å². The van der Waals surface area contributed by atoms with E-state index in [-0.39, 0.29) is 0 Å². The van der Waals surface area contributed by atoms with E-state index in [1.165, 1.54) is 84.3 Å². The average molecular weight is 300 g/mol. The minimum atomic E-state index is 1.19. The number of hydrazine groups is 1. The molecule has 0 heterocycles. The van der Waals surface area contributed by atoms with E-state index in [4.69, 9.17) is 0 Å². The van der Waals surface area contributed by atoms with E-state index in [1.807, 2.05) is 0 Å². The molecule has 0 rings (SSSR count). The first-order valence-electron chi connectivity index (χ1n) is 9.45. The molecule has 0 unspecified atom stereocenters. The molecule has 0 N–H and O–H groups in total. The molecule has 0 radical (unpaired) electrons. The Bertz CT molecular complexity index is 199. The van der Waals surface area contributed by atoms with Crippen LogP contribution in [0.3, 0.4) is 0 Å². The van der Waals surface area contributed by atoms with E-state index in [1.54, 1.807) is 0 Å². The Kier molecular flexibility index (Phi) is 14.7. The fourth-order valence-corrected chi connectivity index (χ4v) is 2.82. The highest BCUT2D eigenvalue weighted by Gasteiger charge is 2.13. The zero-order valence-corrected chi connectivity index (χ0v) is 15.5. The molecule has 0 aliphatic carbocycles. The molecule has 0 aliphatic heterocycles. The summed E-state index contributed by atoms with van der Waals surface area (Å²) in [6.45, 7) is 20.0. The second kappa shape index (κ2) is 14.8. The Hall–Kier alpha value is -0.120. The third kappa shape index (κ3) is 10.3. The lowest BCUT2D eigenvalue weighted by Gasteiger charge is -2.35. The Morgan fingerprint density at radius 2 is 0.952 bits per heavy atom. The van der Waals surface area contributed by atoms with Crippen molar-refractivity contribution in [1.29, 1.82) is 0 Å². The zero-order valence-electron chi connectivity index (χ0n) is 15.5. The number of rotatable bonds is 15. The minimum Gasteiger partial charge on any atom is -0.304 e. The molecule has 3 heteroatoms. The van der Waals surface area contributed by atoms with Crippen LogP contribution in [-0.2, 0) is 0 Å². The van der Waals surface area contributed by atoms with Gasteiger partial charge in [0, 0.05) is 26.2 Å². The summed E-state index contributed by atoms with van der Waals surface area (Å²) in [6.07, 6.45) is 7.77. The molecule has 0 atom stereocenters. The maximum atomic E-state index is 2.64. The van der Waals surface area contributed by atoms with Gasteiger partial charge >= 0.3 is 0 Å². The van der Waals surface area contributed by atoms with Crippen LogP contribution in [0.25, 0.3) is 0 Å². The van der Waals surface area contributed by atoms with Crippen molar-refractivity contribution in [3.63, 3.8) is 0 Å². The van der Waals surface area contributed by atoms with Crippen molar-refractivity contribution < 1.29 is 0 Å². The number of hydrogen-bond donors (Lipinski definition) is 0. The second-order valence-electron chi connectivity index (χ2n) is 5.99. The molecule has 0 fully saturated rings. The van der Waals surface area contributed by atoms with Gasteiger partial charge in [-0.25, -0.2) is 10.0 Å². The van der Waals surface area contributed by atoms with Crippen LogP contribution in [0, 0.1) is 0 Å². The van der Waals surface area contributed by atoms with Crippen molar-refractivity contribution in [3.8, 4) is 0 Å². The smallest absolute Gasteiger partial charge is 0.0133 e. The largest absolute Gasteiger partial charge is 0.304 e. The number of unbranched alkanes of at least 4 members (excludes halogenated alkanes) is 2. The summed E-state index contributed by atoms with van der Waals surface area (Å²) in [5, 5.41) is 5.24. The van der Waals surface area contributed by atoms with Gasteiger partial charge in [-0.15, -0.1) is 0 Å². The van der Waals surface area contributed by atoms with Gasteiger partial charge in [0.1, 0.15) is 0 Å². The Labute approximate surface area is 134 Å². The number of nitrogens with zero attached hydrogens (tertiary/aromatic N) is 3. The van der Waals surface area contributed by atoms with Crippen LogP contribution in [0.1, 0.15) is 73.1 Å². The predicted molar refractivity (Wildman–Crippen MR) is 95.7 cm³/mol. The Morgan fingerprint density at radius 3 is 1.43 bits per heavy atom. The van der Waals surface area contributed by atoms with Crippen LogP contribution in [0.2, 0.25) is 0 Å². The van der Waals surface area contributed by atoms with E-state index in [9.17, 15) is 0 Å². The third-order valence-corrected chi connectivity index (χ3v) is 4.17. The van der Waals surface area contributed by atoms with Crippen molar-refractivity contribution in [1.82, 2.24) is 14.9 Å². The Morgan fingerprint density at radius 1 is 0.476 bits per heavy atom. The summed E-state index contributed by atoms with van der Waals surface area (Å²) in [7, 11) is 0. The Balaban J connectivity index is 4.19. The van der Waals surface area contributed by atoms with Gasteiger partial charge in [0.25, 0.3) is 0 Å². The molecule has 0 amide bonds. The van der Waals surface area contributed by atoms with E-state index in [0.717, 1.165) is 0 Å². The minimum absolute atomic E-state index is 1.19. The lowest BCUT2D eigenvalue weighted by atomic mass is 10.2. The fourth-order valence-electron chi connectivity index (χ4n) is 2.82. The lowest BCUT2D eigenvalue weighted by Crippen LogP contribution is -2.44. The van der Waals surface area contributed by atoms with E-state index < -0.39 is 0 Å². The first-order chi connectivity index (χ1) is 10.2. The van der Waals surface area contributed by atoms with Gasteiger partial charge in [0.15, 0.2) is 0 Å². The van der Waals surface area contributed by atoms with Crippen LogP contribution < -0.4 is 0 Å². The summed E-state index contributed by atoms with van der Waals surface area (Å²) in [5.41, 5.74) is 0. The van der Waals surface area contributed by atoms with E-state index in [0.29, 0.717) is 0 Å². The van der Waals surface area contributed by atoms with Gasteiger partial charge in [-0.05, 0) is 51.7 Å². The summed E-state index contributed by atoms with van der Waals surface area (Å²) in [4.78, 5) is 2.53. The van der Waals surface area contributed by atoms with Gasteiger partial charge in [0.2, 0.25) is 0 Å². The first-order valence-corrected chi connectivity index (χ1v) is 9.45. The fraction of sp³-hybridized carbons (Fsp3) is 1.00. The van der Waals surface area contributed by atoms with Gasteiger partial charge in [-0.1, -0.05) is 41.0 Å². The summed E-state index contributed by atoms with van der Waals surface area (Å²) < 4.78 is 0. The SMILES string of the molecule is CCCCN(CCCCN(CC)CC)N(CCC)CCC. The monoisotopic (exact) mass is 299 g/mol. The normalized spacial score (nSPS) is 12.0. The van der Waals surface area contributed by atoms with Crippen LogP contribution in [-0.4, -0.2) is 60.7 Å². The highest BCUT2D eigenvalue weighted by Crippen LogP contribution is 2.07. The maximum Gasteiger partial charge on any atom is 0.0133 e. The maximum absolute atomic E-state index is 2.64. The zero-order chi connectivity index (χ0) is 15.9. The molecule has 0 aliphatic rings. The van der Waals surface area contributed by atoms with Gasteiger partial charge in [-0.2, -0.15) is 0 Å². The van der Waals surface area contributed by atoms with Crippen molar-refractivity contribution >= 4 is 0 Å². The molecule has 128 valence electrons. The molecule has 0 aromatic heterocycles. The van der Waals surface area contributed by atoms with Crippen molar-refractivity contribution in [2.75, 3.05) is 45.8 Å². The summed E-state index contributed by atoms with van der Waals surface area (Å²) in [5.74, 6) is 0. The molecule has 0 spiro atoms. The third-order valence-electron chi connectivity index (χ3n) is 4.17. The molecular weight excluding hydrogens is 258 g/mol. The average Bonchev–Trinajstić information content (AvgIpc) is 2.50. The van der Waals surface area contributed by atoms with Crippen LogP contribution in [0.15, 0.2) is 0 Å². The molecule has 0 bridgehead atoms. The molecule has 0 aromatic carbocycles. The summed E-state index contributed by atoms with van der Waals surface area (Å²) >= 11 is 0. The molecule has 0 saturated carbocycles. The van der Waals surface area contributed by atoms with Crippen molar-refractivity contribution in [2.45, 2.75) is 73.1 Å². The van der Waals surface area contributed by atoms with Crippen LogP contribution in [0.4, 0.5) is 0 Å². The van der Waals surface area contributed by atoms with E-state index in [2.05, 4.69) is 49.5 Å². The molecule has 0 saturated heterocycles. The lowest BCUT2D eigenvalue weighted by molar-refractivity contribution is -0.0280. The van der Waals surface area contributed by atoms with Crippen molar-refractivity contribution in [2.24, 2.45) is 0 Å². The molecule has 21 heavy (non-hydrogen) atoms. The van der Waals surface area contributed by atoms with Crippen LogP contribution in [0.5, 0.6) is 0 Å². The van der Waals surface area contributed by atoms with Crippen LogP contribution >= 0.6 is 0 Å². The standard InChI is InChI=1S/C18H41N3/c1-6-11-17-21(20(14-7-2)15-8-3)18-13-12-16-19(9-4)10-5/h6-18H2,1-5H3. The second-order valence-corrected chi connectivity index (χ2v) is 5.99. The number of hydrogen-bond acceptors (Lipinski definition) is 3. The quantitative estimate of drug-likeness (QED) is 0.331. The van der Waals surface area contributed by atoms with E-state index >= 15 is 0 Å². The highest BCUT2D eigenvalue weighted by atomic mass is 15.6. The first kappa shape index (κ1) is 20.9. The van der Waals surface area contributed by atoms with Gasteiger partial charge < -0.3 is 4.90 Å². The molecule has 0 aromatic rings.